The molecule has 1 unspecified atom stereocenters. The van der Waals surface area contributed by atoms with Gasteiger partial charge in [0.25, 0.3) is 0 Å². The first-order valence-corrected chi connectivity index (χ1v) is 7.37. The molecule has 1 aromatic rings. The van der Waals surface area contributed by atoms with Crippen LogP contribution < -0.4 is 5.73 Å². The Balaban J connectivity index is 1.90. The molecule has 2 N–H and O–H groups in total. The summed E-state index contributed by atoms with van der Waals surface area (Å²) in [6.07, 6.45) is 0. The quantitative estimate of drug-likeness (QED) is 0.797. The molecule has 1 aromatic heterocycles. The molecule has 7 heteroatoms. The highest BCUT2D eigenvalue weighted by Crippen LogP contribution is 2.28. The maximum absolute atomic E-state index is 11.9. The lowest BCUT2D eigenvalue weighted by atomic mass is 10.1. The number of fused-ring (bicyclic) bond motifs is 3. The summed E-state index contributed by atoms with van der Waals surface area (Å²) in [5.41, 5.74) is 6.85. The van der Waals surface area contributed by atoms with Gasteiger partial charge < -0.3 is 10.5 Å². The predicted octanol–water partition coefficient (Wildman–Crippen LogP) is 0.216. The van der Waals surface area contributed by atoms with E-state index in [0.717, 1.165) is 32.7 Å². The summed E-state index contributed by atoms with van der Waals surface area (Å²) in [6.45, 7) is 9.06. The van der Waals surface area contributed by atoms with E-state index in [2.05, 4.69) is 19.8 Å². The highest BCUT2D eigenvalue weighted by atomic mass is 16.5. The van der Waals surface area contributed by atoms with Gasteiger partial charge in [0.05, 0.1) is 18.3 Å². The van der Waals surface area contributed by atoms with Crippen LogP contribution in [0.2, 0.25) is 0 Å². The molecule has 3 aliphatic heterocycles. The minimum Gasteiger partial charge on any atom is -0.462 e. The minimum atomic E-state index is -0.451. The number of nitrogen functional groups attached to an aromatic ring is 1. The van der Waals surface area contributed by atoms with E-state index in [9.17, 15) is 4.79 Å². The van der Waals surface area contributed by atoms with E-state index in [1.165, 1.54) is 0 Å². The fraction of sp³-hybridized carbons (Fsp3) is 0.643. The molecular weight excluding hydrogens is 270 g/mol. The molecule has 0 amide bonds. The number of rotatable bonds is 3. The fourth-order valence-corrected chi connectivity index (χ4v) is 3.08. The molecule has 7 nitrogen and oxygen atoms in total. The Hall–Kier alpha value is -1.73. The van der Waals surface area contributed by atoms with E-state index < -0.39 is 5.97 Å². The van der Waals surface area contributed by atoms with E-state index >= 15 is 0 Å². The third-order valence-corrected chi connectivity index (χ3v) is 4.19. The lowest BCUT2D eigenvalue weighted by Crippen LogP contribution is -2.57. The standard InChI is InChI=1S/C14H21N5O2/c1-3-21-14(20)11-9(2)16-13(17-12(11)15)10-8-18-4-6-19(10)7-5-18/h10H,3-8H2,1-2H3,(H2,15,16,17). The Bertz CT molecular complexity index is 531. The average Bonchev–Trinajstić information content (AvgIpc) is 2.48. The van der Waals surface area contributed by atoms with Gasteiger partial charge in [-0.05, 0) is 13.8 Å². The molecule has 21 heavy (non-hydrogen) atoms. The first-order valence-electron chi connectivity index (χ1n) is 7.37. The van der Waals surface area contributed by atoms with Gasteiger partial charge in [-0.25, -0.2) is 14.8 Å². The molecule has 1 atom stereocenters. The zero-order valence-corrected chi connectivity index (χ0v) is 12.5. The summed E-state index contributed by atoms with van der Waals surface area (Å²) in [7, 11) is 0. The van der Waals surface area contributed by atoms with Crippen LogP contribution in [0.5, 0.6) is 0 Å². The van der Waals surface area contributed by atoms with Crippen molar-refractivity contribution in [2.24, 2.45) is 0 Å². The first-order chi connectivity index (χ1) is 10.1. The number of carbonyl (C=O) groups is 1. The third kappa shape index (κ3) is 2.58. The Morgan fingerprint density at radius 1 is 1.33 bits per heavy atom. The number of aromatic nitrogens is 2. The second-order valence-corrected chi connectivity index (χ2v) is 5.50. The van der Waals surface area contributed by atoms with Gasteiger partial charge in [-0.2, -0.15) is 0 Å². The molecular formula is C14H21N5O2. The van der Waals surface area contributed by atoms with E-state index in [-0.39, 0.29) is 17.4 Å². The zero-order valence-electron chi connectivity index (χ0n) is 12.5. The Labute approximate surface area is 124 Å². The van der Waals surface area contributed by atoms with Crippen LogP contribution in [0.15, 0.2) is 0 Å². The van der Waals surface area contributed by atoms with E-state index in [0.29, 0.717) is 18.1 Å². The topological polar surface area (TPSA) is 84.6 Å². The predicted molar refractivity (Wildman–Crippen MR) is 77.9 cm³/mol. The molecule has 4 rings (SSSR count). The van der Waals surface area contributed by atoms with Crippen molar-refractivity contribution < 1.29 is 9.53 Å². The number of ether oxygens (including phenoxy) is 1. The number of hydrogen-bond donors (Lipinski definition) is 1. The van der Waals surface area contributed by atoms with Crippen LogP contribution >= 0.6 is 0 Å². The summed E-state index contributed by atoms with van der Waals surface area (Å²) in [5.74, 6) is 0.476. The highest BCUT2D eigenvalue weighted by Gasteiger charge is 2.35. The number of nitrogens with zero attached hydrogens (tertiary/aromatic N) is 4. The monoisotopic (exact) mass is 291 g/mol. The van der Waals surface area contributed by atoms with Crippen LogP contribution in [0.1, 0.15) is 34.8 Å². The van der Waals surface area contributed by atoms with Gasteiger partial charge >= 0.3 is 5.97 Å². The van der Waals surface area contributed by atoms with Crippen molar-refractivity contribution in [2.45, 2.75) is 19.9 Å². The van der Waals surface area contributed by atoms with Crippen molar-refractivity contribution in [3.8, 4) is 0 Å². The first kappa shape index (κ1) is 14.2. The van der Waals surface area contributed by atoms with Crippen molar-refractivity contribution >= 4 is 11.8 Å². The van der Waals surface area contributed by atoms with E-state index in [4.69, 9.17) is 10.5 Å². The van der Waals surface area contributed by atoms with E-state index in [1.807, 2.05) is 0 Å². The molecule has 0 radical (unpaired) electrons. The summed E-state index contributed by atoms with van der Waals surface area (Å²) < 4.78 is 5.01. The maximum Gasteiger partial charge on any atom is 0.343 e. The molecule has 0 spiro atoms. The molecule has 2 bridgehead atoms. The lowest BCUT2D eigenvalue weighted by Gasteiger charge is -2.46. The van der Waals surface area contributed by atoms with Crippen molar-refractivity contribution in [1.29, 1.82) is 0 Å². The third-order valence-electron chi connectivity index (χ3n) is 4.19. The fourth-order valence-electron chi connectivity index (χ4n) is 3.08. The van der Waals surface area contributed by atoms with Gasteiger partial charge in [-0.1, -0.05) is 0 Å². The average molecular weight is 291 g/mol. The number of hydrogen-bond acceptors (Lipinski definition) is 7. The number of anilines is 1. The highest BCUT2D eigenvalue weighted by molar-refractivity contribution is 5.95. The molecule has 3 aliphatic rings. The van der Waals surface area contributed by atoms with E-state index in [1.54, 1.807) is 13.8 Å². The molecule has 4 heterocycles. The second kappa shape index (κ2) is 5.57. The van der Waals surface area contributed by atoms with Crippen molar-refractivity contribution in [2.75, 3.05) is 45.1 Å². The number of nitrogens with two attached hydrogens (primary N) is 1. The summed E-state index contributed by atoms with van der Waals surface area (Å²) in [6, 6.07) is 0.171. The Morgan fingerprint density at radius 3 is 2.57 bits per heavy atom. The maximum atomic E-state index is 11.9. The van der Waals surface area contributed by atoms with Crippen LogP contribution in [0, 0.1) is 6.92 Å². The van der Waals surface area contributed by atoms with Crippen LogP contribution in [0.4, 0.5) is 5.82 Å². The Kier molecular flexibility index (Phi) is 3.77. The normalized spacial score (nSPS) is 27.6. The number of esters is 1. The van der Waals surface area contributed by atoms with Crippen molar-refractivity contribution in [1.82, 2.24) is 19.8 Å². The van der Waals surface area contributed by atoms with Gasteiger partial charge in [0, 0.05) is 32.7 Å². The van der Waals surface area contributed by atoms with Gasteiger partial charge in [0.2, 0.25) is 0 Å². The molecule has 0 aromatic carbocycles. The number of piperazine rings is 3. The summed E-state index contributed by atoms with van der Waals surface area (Å²) >= 11 is 0. The minimum absolute atomic E-state index is 0.171. The van der Waals surface area contributed by atoms with Crippen LogP contribution in [0.3, 0.4) is 0 Å². The lowest BCUT2D eigenvalue weighted by molar-refractivity contribution is 0.00860. The van der Waals surface area contributed by atoms with Crippen molar-refractivity contribution in [3.63, 3.8) is 0 Å². The van der Waals surface area contributed by atoms with Gasteiger partial charge in [0.1, 0.15) is 17.2 Å². The van der Waals surface area contributed by atoms with Crippen molar-refractivity contribution in [3.05, 3.63) is 17.1 Å². The molecule has 3 saturated heterocycles. The second-order valence-electron chi connectivity index (χ2n) is 5.50. The molecule has 114 valence electrons. The van der Waals surface area contributed by atoms with Crippen LogP contribution in [-0.4, -0.2) is 65.1 Å². The van der Waals surface area contributed by atoms with Crippen LogP contribution in [0.25, 0.3) is 0 Å². The number of carbonyl (C=O) groups excluding carboxylic acids is 1. The smallest absolute Gasteiger partial charge is 0.343 e. The van der Waals surface area contributed by atoms with Gasteiger partial charge in [-0.15, -0.1) is 0 Å². The SMILES string of the molecule is CCOC(=O)c1c(C)nc(C2CN3CCN2CC3)nc1N. The number of aryl methyl sites for hydroxylation is 1. The zero-order chi connectivity index (χ0) is 15.0. The Morgan fingerprint density at radius 2 is 2.05 bits per heavy atom. The molecule has 0 aliphatic carbocycles. The summed E-state index contributed by atoms with van der Waals surface area (Å²) in [4.78, 5) is 25.6. The van der Waals surface area contributed by atoms with Crippen LogP contribution in [-0.2, 0) is 4.74 Å². The summed E-state index contributed by atoms with van der Waals surface area (Å²) in [5, 5.41) is 0. The largest absolute Gasteiger partial charge is 0.462 e. The molecule has 0 saturated carbocycles. The molecule has 3 fully saturated rings. The van der Waals surface area contributed by atoms with Gasteiger partial charge in [-0.3, -0.25) is 9.80 Å². The van der Waals surface area contributed by atoms with Gasteiger partial charge in [0.15, 0.2) is 0 Å².